The Balaban J connectivity index is 5.07. The Bertz CT molecular complexity index is 300. The van der Waals surface area contributed by atoms with Gasteiger partial charge in [0.05, 0.1) is 0 Å². The summed E-state index contributed by atoms with van der Waals surface area (Å²) in [5.74, 6) is 0. The smallest absolute Gasteiger partial charge is 0.0196 e. The Morgan fingerprint density at radius 1 is 0.875 bits per heavy atom. The number of hydrogen-bond acceptors (Lipinski definition) is 0. The van der Waals surface area contributed by atoms with Crippen molar-refractivity contribution >= 4 is 7.92 Å². The molecule has 0 radical (unpaired) electrons. The fraction of sp³-hybridized carbons (Fsp3) is 0.467. The van der Waals surface area contributed by atoms with E-state index in [9.17, 15) is 0 Å². The van der Waals surface area contributed by atoms with E-state index in [0.29, 0.717) is 0 Å². The Hall–Kier alpha value is -0.610. The minimum absolute atomic E-state index is 0.280. The fourth-order valence-corrected chi connectivity index (χ4v) is 3.87. The summed E-state index contributed by atoms with van der Waals surface area (Å²) in [6.07, 6.45) is 1.10. The van der Waals surface area contributed by atoms with Crippen LogP contribution >= 0.6 is 7.92 Å². The molecule has 0 aliphatic carbocycles. The van der Waals surface area contributed by atoms with Gasteiger partial charge in [-0.05, 0) is 44.0 Å². The molecule has 0 saturated carbocycles. The van der Waals surface area contributed by atoms with Crippen molar-refractivity contribution in [1.29, 1.82) is 0 Å². The summed E-state index contributed by atoms with van der Waals surface area (Å²) in [5, 5.41) is 2.30. The second kappa shape index (κ2) is 5.64. The number of hydrogen-bond donors (Lipinski definition) is 0. The van der Waals surface area contributed by atoms with E-state index in [1.54, 1.807) is 0 Å². The first-order chi connectivity index (χ1) is 7.06. The highest BCUT2D eigenvalue weighted by Crippen LogP contribution is 2.58. The topological polar surface area (TPSA) is 0 Å². The molecule has 0 amide bonds. The zero-order chi connectivity index (χ0) is 13.1. The first-order valence-corrected chi connectivity index (χ1v) is 7.06. The summed E-state index contributed by atoms with van der Waals surface area (Å²) >= 11 is 0. The van der Waals surface area contributed by atoms with E-state index in [1.165, 1.54) is 0 Å². The Morgan fingerprint density at radius 3 is 1.38 bits per heavy atom. The van der Waals surface area contributed by atoms with Gasteiger partial charge in [-0.2, -0.15) is 0 Å². The van der Waals surface area contributed by atoms with Gasteiger partial charge in [-0.1, -0.05) is 58.2 Å². The molecule has 0 unspecified atom stereocenters. The molecule has 90 valence electrons. The number of allylic oxidation sites excluding steroid dienone is 4. The predicted octanol–water partition coefficient (Wildman–Crippen LogP) is 5.69. The van der Waals surface area contributed by atoms with Gasteiger partial charge in [0.15, 0.2) is 0 Å². The normalized spacial score (nSPS) is 11.4. The minimum Gasteiger partial charge on any atom is -0.0955 e. The summed E-state index contributed by atoms with van der Waals surface area (Å²) in [7, 11) is -0.438. The highest BCUT2D eigenvalue weighted by atomic mass is 31.1. The van der Waals surface area contributed by atoms with Gasteiger partial charge in [0.2, 0.25) is 0 Å². The summed E-state index contributed by atoms with van der Waals surface area (Å²) in [5.41, 5.74) is 2.41. The van der Waals surface area contributed by atoms with Gasteiger partial charge in [-0.25, -0.2) is 0 Å². The van der Waals surface area contributed by atoms with E-state index < -0.39 is 7.92 Å². The van der Waals surface area contributed by atoms with Crippen LogP contribution in [0.5, 0.6) is 0 Å². The lowest BCUT2D eigenvalue weighted by atomic mass is 10.0. The summed E-state index contributed by atoms with van der Waals surface area (Å²) in [6, 6.07) is 0. The molecule has 0 aromatic carbocycles. The second-order valence-corrected chi connectivity index (χ2v) is 7.85. The van der Waals surface area contributed by atoms with Crippen LogP contribution in [0, 0.1) is 5.41 Å². The van der Waals surface area contributed by atoms with Gasteiger partial charge < -0.3 is 0 Å². The van der Waals surface area contributed by atoms with Gasteiger partial charge in [0.1, 0.15) is 0 Å². The average Bonchev–Trinajstić information content (AvgIpc) is 2.10. The Kier molecular flexibility index (Phi) is 5.42. The number of rotatable bonds is 5. The van der Waals surface area contributed by atoms with Crippen LogP contribution in [-0.2, 0) is 0 Å². The van der Waals surface area contributed by atoms with Gasteiger partial charge in [-0.15, -0.1) is 0 Å². The average molecular weight is 236 g/mol. The Morgan fingerprint density at radius 2 is 1.19 bits per heavy atom. The van der Waals surface area contributed by atoms with E-state index in [0.717, 1.165) is 27.9 Å². The lowest BCUT2D eigenvalue weighted by Crippen LogP contribution is -2.11. The van der Waals surface area contributed by atoms with Crippen molar-refractivity contribution in [2.75, 3.05) is 6.16 Å². The van der Waals surface area contributed by atoms with Crippen LogP contribution in [0.15, 0.2) is 48.1 Å². The third kappa shape index (κ3) is 4.94. The third-order valence-electron chi connectivity index (χ3n) is 2.27. The summed E-state index contributed by atoms with van der Waals surface area (Å²) < 4.78 is 0. The van der Waals surface area contributed by atoms with Crippen LogP contribution in [0.25, 0.3) is 0 Å². The molecule has 0 saturated heterocycles. The summed E-state index contributed by atoms with van der Waals surface area (Å²) in [4.78, 5) is 0. The van der Waals surface area contributed by atoms with Crippen molar-refractivity contribution in [3.8, 4) is 0 Å². The molecule has 16 heavy (non-hydrogen) atoms. The molecule has 0 heterocycles. The maximum atomic E-state index is 4.17. The molecule has 0 nitrogen and oxygen atoms in total. The zero-order valence-corrected chi connectivity index (χ0v) is 12.4. The van der Waals surface area contributed by atoms with Gasteiger partial charge in [0, 0.05) is 0 Å². The van der Waals surface area contributed by atoms with Crippen molar-refractivity contribution < 1.29 is 0 Å². The summed E-state index contributed by atoms with van der Waals surface area (Å²) in [6.45, 7) is 27.1. The van der Waals surface area contributed by atoms with Gasteiger partial charge in [0.25, 0.3) is 0 Å². The second-order valence-electron chi connectivity index (χ2n) is 5.60. The molecular weight excluding hydrogens is 211 g/mol. The molecule has 0 atom stereocenters. The Labute approximate surface area is 103 Å². The van der Waals surface area contributed by atoms with Gasteiger partial charge in [-0.3, -0.25) is 0 Å². The van der Waals surface area contributed by atoms with Gasteiger partial charge >= 0.3 is 0 Å². The first kappa shape index (κ1) is 15.4. The van der Waals surface area contributed by atoms with Crippen LogP contribution in [0.2, 0.25) is 0 Å². The van der Waals surface area contributed by atoms with E-state index in [1.807, 2.05) is 13.8 Å². The molecule has 0 spiro atoms. The van der Waals surface area contributed by atoms with E-state index in [4.69, 9.17) is 0 Å². The molecule has 0 fully saturated rings. The maximum Gasteiger partial charge on any atom is -0.0196 e. The van der Waals surface area contributed by atoms with E-state index in [2.05, 4.69) is 47.1 Å². The first-order valence-electron chi connectivity index (χ1n) is 5.53. The highest BCUT2D eigenvalue weighted by molar-refractivity contribution is 7.66. The predicted molar refractivity (Wildman–Crippen MR) is 79.2 cm³/mol. The largest absolute Gasteiger partial charge is 0.0955 e. The molecule has 0 aliphatic heterocycles. The molecule has 0 rings (SSSR count). The standard InChI is InChI=1S/C15H25P/c1-11(2)13(5)16(10-15(7,8)9)14(6)12(3)4/h1,3,5-6,10H2,2,4,7-9H3. The quantitative estimate of drug-likeness (QED) is 0.424. The van der Waals surface area contributed by atoms with Crippen molar-refractivity contribution in [2.24, 2.45) is 5.41 Å². The van der Waals surface area contributed by atoms with Crippen molar-refractivity contribution in [1.82, 2.24) is 0 Å². The lowest BCUT2D eigenvalue weighted by molar-refractivity contribution is 0.478. The van der Waals surface area contributed by atoms with Crippen LogP contribution in [0.3, 0.4) is 0 Å². The van der Waals surface area contributed by atoms with Crippen LogP contribution in [0.4, 0.5) is 0 Å². The third-order valence-corrected chi connectivity index (χ3v) is 5.60. The monoisotopic (exact) mass is 236 g/mol. The van der Waals surface area contributed by atoms with E-state index in [-0.39, 0.29) is 5.41 Å². The SMILES string of the molecule is C=C(C)C(=C)P(CC(C)(C)C)C(=C)C(=C)C. The minimum atomic E-state index is -0.438. The van der Waals surface area contributed by atoms with Crippen molar-refractivity contribution in [3.63, 3.8) is 0 Å². The molecule has 0 aromatic heterocycles. The lowest BCUT2D eigenvalue weighted by Gasteiger charge is -2.30. The van der Waals surface area contributed by atoms with Crippen LogP contribution < -0.4 is 0 Å². The van der Waals surface area contributed by atoms with Crippen molar-refractivity contribution in [3.05, 3.63) is 48.1 Å². The molecule has 1 heteroatoms. The van der Waals surface area contributed by atoms with Crippen molar-refractivity contribution in [2.45, 2.75) is 34.6 Å². The molecular formula is C15H25P. The highest BCUT2D eigenvalue weighted by Gasteiger charge is 2.23. The molecule has 0 aromatic rings. The molecule has 0 aliphatic rings. The molecule has 0 bridgehead atoms. The molecule has 0 N–H and O–H groups in total. The van der Waals surface area contributed by atoms with Crippen LogP contribution in [-0.4, -0.2) is 6.16 Å². The van der Waals surface area contributed by atoms with Crippen LogP contribution in [0.1, 0.15) is 34.6 Å². The fourth-order valence-electron chi connectivity index (χ4n) is 1.29. The zero-order valence-electron chi connectivity index (χ0n) is 11.5. The maximum absolute atomic E-state index is 4.17. The van der Waals surface area contributed by atoms with E-state index >= 15 is 0 Å².